The second-order valence-electron chi connectivity index (χ2n) is 7.07. The molecule has 0 atom stereocenters. The maximum absolute atomic E-state index is 10.8. The summed E-state index contributed by atoms with van der Waals surface area (Å²) >= 11 is 0. The van der Waals surface area contributed by atoms with E-state index in [9.17, 15) is 9.59 Å². The van der Waals surface area contributed by atoms with E-state index in [-0.39, 0.29) is 12.5 Å². The number of primary amides is 1. The number of anilines is 3. The first-order chi connectivity index (χ1) is 13.8. The van der Waals surface area contributed by atoms with Crippen LogP contribution in [0.4, 0.5) is 17.8 Å². The van der Waals surface area contributed by atoms with Crippen LogP contribution < -0.4 is 20.9 Å². The van der Waals surface area contributed by atoms with Gasteiger partial charge in [-0.3, -0.25) is 14.5 Å². The quantitative estimate of drug-likeness (QED) is 0.515. The molecule has 1 amide bonds. The molecular weight excluding hydrogens is 378 g/mol. The Labute approximate surface area is 170 Å². The molecule has 0 bridgehead atoms. The van der Waals surface area contributed by atoms with Crippen LogP contribution in [0.1, 0.15) is 6.92 Å². The van der Waals surface area contributed by atoms with E-state index in [1.807, 2.05) is 4.90 Å². The van der Waals surface area contributed by atoms with E-state index in [2.05, 4.69) is 47.7 Å². The number of aliphatic carboxylic acids is 1. The minimum Gasteiger partial charge on any atom is -0.480 e. The molecule has 2 saturated heterocycles. The van der Waals surface area contributed by atoms with E-state index >= 15 is 0 Å². The number of amides is 1. The second-order valence-corrected chi connectivity index (χ2v) is 7.07. The van der Waals surface area contributed by atoms with E-state index in [1.54, 1.807) is 7.05 Å². The van der Waals surface area contributed by atoms with Crippen molar-refractivity contribution in [1.29, 1.82) is 0 Å². The van der Waals surface area contributed by atoms with Gasteiger partial charge in [0.05, 0.1) is 6.54 Å². The van der Waals surface area contributed by atoms with Gasteiger partial charge in [-0.25, -0.2) is 0 Å². The standard InChI is InChI=1S/C15H26N8O2.C2H5NO/c1-16-13-17-14(22-7-3-20(2)4-8-22)19-15(18-13)23-9-5-21(6-10-23)11-12(24)25;1-2(3)4/h3-11H2,1-2H3,(H,24,25)(H,16,17,18,19);1H3,(H2,3,4). The number of carboxylic acid groups (broad SMARTS) is 1. The summed E-state index contributed by atoms with van der Waals surface area (Å²) in [6, 6.07) is 0. The third kappa shape index (κ3) is 7.31. The highest BCUT2D eigenvalue weighted by molar-refractivity contribution is 5.70. The van der Waals surface area contributed by atoms with Gasteiger partial charge in [0.15, 0.2) is 0 Å². The number of nitrogens with one attached hydrogen (secondary N) is 1. The number of aromatic nitrogens is 3. The highest BCUT2D eigenvalue weighted by atomic mass is 16.4. The molecule has 2 aliphatic rings. The van der Waals surface area contributed by atoms with Crippen molar-refractivity contribution in [2.45, 2.75) is 6.92 Å². The molecule has 3 rings (SSSR count). The van der Waals surface area contributed by atoms with E-state index in [0.717, 1.165) is 26.2 Å². The van der Waals surface area contributed by atoms with Gasteiger partial charge >= 0.3 is 5.97 Å². The van der Waals surface area contributed by atoms with Gasteiger partial charge in [0.1, 0.15) is 0 Å². The van der Waals surface area contributed by atoms with Crippen LogP contribution in [0.3, 0.4) is 0 Å². The van der Waals surface area contributed by atoms with Crippen LogP contribution in [0.25, 0.3) is 0 Å². The maximum atomic E-state index is 10.8. The largest absolute Gasteiger partial charge is 0.480 e. The van der Waals surface area contributed by atoms with E-state index < -0.39 is 5.97 Å². The van der Waals surface area contributed by atoms with E-state index in [0.29, 0.717) is 44.0 Å². The van der Waals surface area contributed by atoms with Crippen molar-refractivity contribution in [3.05, 3.63) is 0 Å². The van der Waals surface area contributed by atoms with Crippen molar-refractivity contribution in [1.82, 2.24) is 24.8 Å². The van der Waals surface area contributed by atoms with Gasteiger partial charge in [0, 0.05) is 66.3 Å². The number of likely N-dealkylation sites (N-methyl/N-ethyl adjacent to an activating group) is 1. The number of carbonyl (C=O) groups excluding carboxylic acids is 1. The minimum absolute atomic E-state index is 0.0827. The lowest BCUT2D eigenvalue weighted by Gasteiger charge is -2.35. The molecule has 29 heavy (non-hydrogen) atoms. The Morgan fingerprint density at radius 3 is 1.83 bits per heavy atom. The lowest BCUT2D eigenvalue weighted by atomic mass is 10.3. The highest BCUT2D eigenvalue weighted by Gasteiger charge is 2.23. The molecule has 1 aromatic rings. The molecular formula is C17H31N9O3. The topological polar surface area (TPSA) is 144 Å². The van der Waals surface area contributed by atoms with Gasteiger partial charge < -0.3 is 30.9 Å². The number of piperazine rings is 2. The Morgan fingerprint density at radius 1 is 0.966 bits per heavy atom. The average molecular weight is 409 g/mol. The predicted molar refractivity (Wildman–Crippen MR) is 110 cm³/mol. The molecule has 0 aliphatic carbocycles. The summed E-state index contributed by atoms with van der Waals surface area (Å²) in [6.45, 7) is 7.97. The molecule has 12 heteroatoms. The van der Waals surface area contributed by atoms with Gasteiger partial charge in [-0.05, 0) is 7.05 Å². The van der Waals surface area contributed by atoms with Crippen LogP contribution in [0.5, 0.6) is 0 Å². The predicted octanol–water partition coefficient (Wildman–Crippen LogP) is -1.64. The van der Waals surface area contributed by atoms with Gasteiger partial charge in [0.25, 0.3) is 0 Å². The lowest BCUT2D eigenvalue weighted by molar-refractivity contribution is -0.138. The zero-order valence-electron chi connectivity index (χ0n) is 17.3. The molecule has 0 unspecified atom stereocenters. The third-order valence-corrected chi connectivity index (χ3v) is 4.64. The summed E-state index contributed by atoms with van der Waals surface area (Å²) in [7, 11) is 3.92. The van der Waals surface area contributed by atoms with Crippen molar-refractivity contribution in [2.24, 2.45) is 5.73 Å². The molecule has 3 heterocycles. The van der Waals surface area contributed by atoms with E-state index in [4.69, 9.17) is 5.11 Å². The average Bonchev–Trinajstić information content (AvgIpc) is 2.68. The number of carbonyl (C=O) groups is 2. The molecule has 2 aliphatic heterocycles. The van der Waals surface area contributed by atoms with Crippen LogP contribution >= 0.6 is 0 Å². The number of hydrogen-bond acceptors (Lipinski definition) is 10. The summed E-state index contributed by atoms with van der Waals surface area (Å²) in [5.41, 5.74) is 4.47. The van der Waals surface area contributed by atoms with Gasteiger partial charge in [0.2, 0.25) is 23.8 Å². The van der Waals surface area contributed by atoms with E-state index in [1.165, 1.54) is 6.92 Å². The number of carboxylic acids is 1. The number of hydrogen-bond donors (Lipinski definition) is 3. The zero-order chi connectivity index (χ0) is 21.4. The summed E-state index contributed by atoms with van der Waals surface area (Å²) in [5, 5.41) is 11.9. The number of nitrogens with two attached hydrogens (primary N) is 1. The molecule has 1 aromatic heterocycles. The van der Waals surface area contributed by atoms with Crippen LogP contribution in [-0.4, -0.2) is 115 Å². The second kappa shape index (κ2) is 10.7. The number of nitrogens with zero attached hydrogens (tertiary/aromatic N) is 7. The highest BCUT2D eigenvalue weighted by Crippen LogP contribution is 2.19. The van der Waals surface area contributed by atoms with Crippen molar-refractivity contribution in [3.63, 3.8) is 0 Å². The first-order valence-corrected chi connectivity index (χ1v) is 9.61. The smallest absolute Gasteiger partial charge is 0.317 e. The minimum atomic E-state index is -0.788. The third-order valence-electron chi connectivity index (χ3n) is 4.64. The Balaban J connectivity index is 0.000000687. The molecule has 4 N–H and O–H groups in total. The van der Waals surface area contributed by atoms with Gasteiger partial charge in [-0.2, -0.15) is 15.0 Å². The van der Waals surface area contributed by atoms with Gasteiger partial charge in [-0.1, -0.05) is 0 Å². The molecule has 0 saturated carbocycles. The van der Waals surface area contributed by atoms with Crippen LogP contribution in [-0.2, 0) is 9.59 Å². The first kappa shape index (κ1) is 22.6. The van der Waals surface area contributed by atoms with Crippen molar-refractivity contribution < 1.29 is 14.7 Å². The fourth-order valence-corrected chi connectivity index (χ4v) is 3.05. The normalized spacial score (nSPS) is 18.0. The van der Waals surface area contributed by atoms with Crippen molar-refractivity contribution in [3.8, 4) is 0 Å². The number of rotatable bonds is 5. The SMILES string of the molecule is CC(N)=O.CNc1nc(N2CCN(C)CC2)nc(N2CCN(CC(=O)O)CC2)n1. The van der Waals surface area contributed by atoms with Crippen molar-refractivity contribution >= 4 is 29.7 Å². The summed E-state index contributed by atoms with van der Waals surface area (Å²) in [4.78, 5) is 42.2. The van der Waals surface area contributed by atoms with Crippen LogP contribution in [0.2, 0.25) is 0 Å². The molecule has 0 spiro atoms. The fraction of sp³-hybridized carbons (Fsp3) is 0.706. The fourth-order valence-electron chi connectivity index (χ4n) is 3.05. The Kier molecular flexibility index (Phi) is 8.34. The van der Waals surface area contributed by atoms with Crippen LogP contribution in [0, 0.1) is 0 Å². The molecule has 162 valence electrons. The lowest BCUT2D eigenvalue weighted by Crippen LogP contribution is -2.49. The van der Waals surface area contributed by atoms with Crippen LogP contribution in [0.15, 0.2) is 0 Å². The van der Waals surface area contributed by atoms with Gasteiger partial charge in [-0.15, -0.1) is 0 Å². The molecule has 2 fully saturated rings. The monoisotopic (exact) mass is 409 g/mol. The molecule has 0 radical (unpaired) electrons. The van der Waals surface area contributed by atoms with Crippen molar-refractivity contribution in [2.75, 3.05) is 88.1 Å². The first-order valence-electron chi connectivity index (χ1n) is 9.61. The Bertz CT molecular complexity index is 683. The molecule has 12 nitrogen and oxygen atoms in total. The summed E-state index contributed by atoms with van der Waals surface area (Å²) in [5.74, 6) is 0.800. The zero-order valence-corrected chi connectivity index (χ0v) is 17.3. The Morgan fingerprint density at radius 2 is 1.41 bits per heavy atom. The molecule has 0 aromatic carbocycles. The Hall–Kier alpha value is -2.73. The summed E-state index contributed by atoms with van der Waals surface area (Å²) in [6.07, 6.45) is 0. The maximum Gasteiger partial charge on any atom is 0.317 e. The summed E-state index contributed by atoms with van der Waals surface area (Å²) < 4.78 is 0.